The molecule has 6 nitrogen and oxygen atoms in total. The second-order valence-corrected chi connectivity index (χ2v) is 6.36. The molecule has 0 radical (unpaired) electrons. The van der Waals surface area contributed by atoms with Gasteiger partial charge >= 0.3 is 0 Å². The molecular formula is C8H12BrN3O3S. The zero-order valence-electron chi connectivity index (χ0n) is 8.66. The lowest BCUT2D eigenvalue weighted by Crippen LogP contribution is -2.14. The van der Waals surface area contributed by atoms with Crippen LogP contribution in [-0.4, -0.2) is 36.9 Å². The quantitative estimate of drug-likeness (QED) is 0.767. The number of rotatable bonds is 5. The number of nitrogens with zero attached hydrogens (tertiary/aromatic N) is 1. The van der Waals surface area contributed by atoms with Crippen LogP contribution in [0.1, 0.15) is 6.42 Å². The fourth-order valence-electron chi connectivity index (χ4n) is 1.05. The minimum absolute atomic E-state index is 0.112. The molecule has 0 atom stereocenters. The average molecular weight is 310 g/mol. The lowest BCUT2D eigenvalue weighted by molar-refractivity contribution is 0.600. The molecule has 0 fully saturated rings. The Morgan fingerprint density at radius 1 is 1.56 bits per heavy atom. The number of H-pyrrole nitrogens is 1. The van der Waals surface area contributed by atoms with Crippen molar-refractivity contribution in [1.82, 2.24) is 9.97 Å². The smallest absolute Gasteiger partial charge is 0.267 e. The molecule has 16 heavy (non-hydrogen) atoms. The van der Waals surface area contributed by atoms with Crippen LogP contribution in [0.3, 0.4) is 0 Å². The van der Waals surface area contributed by atoms with Crippen molar-refractivity contribution >= 4 is 31.6 Å². The zero-order chi connectivity index (χ0) is 12.2. The summed E-state index contributed by atoms with van der Waals surface area (Å²) in [6.07, 6.45) is 2.94. The van der Waals surface area contributed by atoms with Crippen molar-refractivity contribution in [3.8, 4) is 0 Å². The maximum atomic E-state index is 11.2. The highest BCUT2D eigenvalue weighted by molar-refractivity contribution is 9.10. The number of anilines is 1. The zero-order valence-corrected chi connectivity index (χ0v) is 11.1. The van der Waals surface area contributed by atoms with Crippen molar-refractivity contribution in [2.24, 2.45) is 0 Å². The summed E-state index contributed by atoms with van der Waals surface area (Å²) in [5.74, 6) is 0.526. The number of hydrogen-bond donors (Lipinski definition) is 2. The molecule has 0 aromatic carbocycles. The normalized spacial score (nSPS) is 11.4. The molecule has 0 unspecified atom stereocenters. The fourth-order valence-corrected chi connectivity index (χ4v) is 2.07. The van der Waals surface area contributed by atoms with Gasteiger partial charge in [-0.2, -0.15) is 0 Å². The third-order valence-corrected chi connectivity index (χ3v) is 3.55. The van der Waals surface area contributed by atoms with Crippen molar-refractivity contribution in [3.05, 3.63) is 21.2 Å². The van der Waals surface area contributed by atoms with Gasteiger partial charge < -0.3 is 10.3 Å². The van der Waals surface area contributed by atoms with Crippen LogP contribution < -0.4 is 10.9 Å². The van der Waals surface area contributed by atoms with Gasteiger partial charge in [0.1, 0.15) is 20.1 Å². The summed E-state index contributed by atoms with van der Waals surface area (Å²) in [6, 6.07) is 0. The SMILES string of the molecule is CS(=O)(=O)CCCNc1nc[nH]c(=O)c1Br. The van der Waals surface area contributed by atoms with Crippen molar-refractivity contribution in [3.63, 3.8) is 0 Å². The van der Waals surface area contributed by atoms with Crippen LogP contribution in [-0.2, 0) is 9.84 Å². The predicted molar refractivity (Wildman–Crippen MR) is 65.4 cm³/mol. The minimum atomic E-state index is -2.94. The molecule has 0 bridgehead atoms. The van der Waals surface area contributed by atoms with E-state index in [1.807, 2.05) is 0 Å². The van der Waals surface area contributed by atoms with E-state index in [2.05, 4.69) is 31.2 Å². The van der Waals surface area contributed by atoms with Gasteiger partial charge in [-0.1, -0.05) is 0 Å². The predicted octanol–water partition coefficient (Wildman–Crippen LogP) is 0.379. The van der Waals surface area contributed by atoms with E-state index in [-0.39, 0.29) is 11.3 Å². The number of aromatic nitrogens is 2. The van der Waals surface area contributed by atoms with Crippen LogP contribution in [0, 0.1) is 0 Å². The molecule has 0 aliphatic carbocycles. The third kappa shape index (κ3) is 4.31. The topological polar surface area (TPSA) is 91.9 Å². The molecule has 0 aliphatic heterocycles. The second-order valence-electron chi connectivity index (χ2n) is 3.30. The Morgan fingerprint density at radius 2 is 2.25 bits per heavy atom. The average Bonchev–Trinajstić information content (AvgIpc) is 2.17. The van der Waals surface area contributed by atoms with Crippen LogP contribution >= 0.6 is 15.9 Å². The molecule has 1 heterocycles. The Labute approximate surface area is 102 Å². The van der Waals surface area contributed by atoms with Gasteiger partial charge in [0.05, 0.1) is 12.1 Å². The Hall–Kier alpha value is -0.890. The molecule has 0 amide bonds. The monoisotopic (exact) mass is 309 g/mol. The first-order chi connectivity index (χ1) is 7.40. The summed E-state index contributed by atoms with van der Waals surface area (Å²) in [7, 11) is -2.94. The van der Waals surface area contributed by atoms with Crippen molar-refractivity contribution < 1.29 is 8.42 Å². The third-order valence-electron chi connectivity index (χ3n) is 1.78. The van der Waals surface area contributed by atoms with Gasteiger partial charge in [-0.05, 0) is 22.4 Å². The van der Waals surface area contributed by atoms with E-state index in [1.54, 1.807) is 0 Å². The van der Waals surface area contributed by atoms with E-state index in [1.165, 1.54) is 12.6 Å². The summed E-state index contributed by atoms with van der Waals surface area (Å²) in [5.41, 5.74) is -0.277. The molecule has 0 saturated heterocycles. The van der Waals surface area contributed by atoms with Gasteiger partial charge in [-0.15, -0.1) is 0 Å². The van der Waals surface area contributed by atoms with E-state index in [0.717, 1.165) is 0 Å². The Morgan fingerprint density at radius 3 is 2.88 bits per heavy atom. The van der Waals surface area contributed by atoms with E-state index in [0.29, 0.717) is 23.3 Å². The molecule has 1 aromatic heterocycles. The molecule has 0 aliphatic rings. The highest BCUT2D eigenvalue weighted by atomic mass is 79.9. The highest BCUT2D eigenvalue weighted by Gasteiger charge is 2.05. The van der Waals surface area contributed by atoms with Crippen molar-refractivity contribution in [2.75, 3.05) is 23.9 Å². The maximum absolute atomic E-state index is 11.2. The van der Waals surface area contributed by atoms with Crippen LogP contribution in [0.15, 0.2) is 15.6 Å². The molecule has 8 heteroatoms. The van der Waals surface area contributed by atoms with Crippen molar-refractivity contribution in [2.45, 2.75) is 6.42 Å². The maximum Gasteiger partial charge on any atom is 0.267 e. The van der Waals surface area contributed by atoms with Gasteiger partial charge in [0.2, 0.25) is 0 Å². The van der Waals surface area contributed by atoms with E-state index in [9.17, 15) is 13.2 Å². The molecule has 2 N–H and O–H groups in total. The fraction of sp³-hybridized carbons (Fsp3) is 0.500. The van der Waals surface area contributed by atoms with E-state index in [4.69, 9.17) is 0 Å². The van der Waals surface area contributed by atoms with Gasteiger partial charge in [0.15, 0.2) is 0 Å². The van der Waals surface area contributed by atoms with Gasteiger partial charge in [0, 0.05) is 12.8 Å². The molecule has 1 aromatic rings. The number of nitrogens with one attached hydrogen (secondary N) is 2. The first-order valence-electron chi connectivity index (χ1n) is 4.55. The van der Waals surface area contributed by atoms with Crippen LogP contribution in [0.2, 0.25) is 0 Å². The molecule has 90 valence electrons. The van der Waals surface area contributed by atoms with Gasteiger partial charge in [-0.3, -0.25) is 4.79 Å². The molecule has 1 rings (SSSR count). The number of aromatic amines is 1. The second kappa shape index (κ2) is 5.44. The summed E-state index contributed by atoms with van der Waals surface area (Å²) >= 11 is 3.08. The highest BCUT2D eigenvalue weighted by Crippen LogP contribution is 2.12. The lowest BCUT2D eigenvalue weighted by Gasteiger charge is -2.05. The molecule has 0 spiro atoms. The summed E-state index contributed by atoms with van der Waals surface area (Å²) < 4.78 is 22.0. The molecule has 0 saturated carbocycles. The van der Waals surface area contributed by atoms with E-state index < -0.39 is 9.84 Å². The first kappa shape index (κ1) is 13.2. The summed E-state index contributed by atoms with van der Waals surface area (Å²) in [4.78, 5) is 17.5. The number of halogens is 1. The molecular weight excluding hydrogens is 298 g/mol. The standard InChI is InChI=1S/C8H12BrN3O3S/c1-16(14,15)4-2-3-10-7-6(9)8(13)12-5-11-7/h5H,2-4H2,1H3,(H2,10,11,12,13). The van der Waals surface area contributed by atoms with Crippen LogP contribution in [0.4, 0.5) is 5.82 Å². The van der Waals surface area contributed by atoms with Gasteiger partial charge in [-0.25, -0.2) is 13.4 Å². The van der Waals surface area contributed by atoms with Crippen LogP contribution in [0.5, 0.6) is 0 Å². The summed E-state index contributed by atoms with van der Waals surface area (Å²) in [5, 5.41) is 2.88. The number of hydrogen-bond acceptors (Lipinski definition) is 5. The van der Waals surface area contributed by atoms with Crippen LogP contribution in [0.25, 0.3) is 0 Å². The minimum Gasteiger partial charge on any atom is -0.369 e. The Bertz CT molecular complexity index is 512. The number of sulfone groups is 1. The van der Waals surface area contributed by atoms with Crippen molar-refractivity contribution in [1.29, 1.82) is 0 Å². The Kier molecular flexibility index (Phi) is 4.48. The largest absolute Gasteiger partial charge is 0.369 e. The Balaban J connectivity index is 2.50. The van der Waals surface area contributed by atoms with Gasteiger partial charge in [0.25, 0.3) is 5.56 Å². The van der Waals surface area contributed by atoms with E-state index >= 15 is 0 Å². The first-order valence-corrected chi connectivity index (χ1v) is 7.40. The summed E-state index contributed by atoms with van der Waals surface area (Å²) in [6.45, 7) is 0.447. The lowest BCUT2D eigenvalue weighted by atomic mass is 10.4.